The van der Waals surface area contributed by atoms with E-state index in [0.717, 1.165) is 0 Å². The number of carboxylic acids is 1. The van der Waals surface area contributed by atoms with Gasteiger partial charge < -0.3 is 9.84 Å². The third-order valence-corrected chi connectivity index (χ3v) is 3.50. The lowest BCUT2D eigenvalue weighted by Crippen LogP contribution is -2.10. The van der Waals surface area contributed by atoms with E-state index in [0.29, 0.717) is 17.1 Å². The predicted molar refractivity (Wildman–Crippen MR) is 89.8 cm³/mol. The lowest BCUT2D eigenvalue weighted by Gasteiger charge is -2.11. The number of benzene rings is 3. The summed E-state index contributed by atoms with van der Waals surface area (Å²) >= 11 is 0. The van der Waals surface area contributed by atoms with E-state index in [1.807, 2.05) is 18.2 Å². The molecule has 3 aromatic rings. The molecule has 0 saturated heterocycles. The molecule has 0 saturated carbocycles. The van der Waals surface area contributed by atoms with E-state index in [1.165, 1.54) is 12.1 Å². The van der Waals surface area contributed by atoms with Crippen molar-refractivity contribution < 1.29 is 19.4 Å². The molecule has 0 spiro atoms. The van der Waals surface area contributed by atoms with Crippen molar-refractivity contribution in [1.82, 2.24) is 0 Å². The van der Waals surface area contributed by atoms with Crippen molar-refractivity contribution in [3.8, 4) is 11.5 Å². The van der Waals surface area contributed by atoms with E-state index < -0.39 is 5.97 Å². The van der Waals surface area contributed by atoms with Gasteiger partial charge in [-0.05, 0) is 30.3 Å². The van der Waals surface area contributed by atoms with Gasteiger partial charge in [0.2, 0.25) is 0 Å². The van der Waals surface area contributed by atoms with Crippen molar-refractivity contribution in [3.63, 3.8) is 0 Å². The summed E-state index contributed by atoms with van der Waals surface area (Å²) in [7, 11) is 0. The topological polar surface area (TPSA) is 63.6 Å². The average Bonchev–Trinajstić information content (AvgIpc) is 2.62. The zero-order valence-electron chi connectivity index (χ0n) is 12.7. The number of carbonyl (C=O) groups is 2. The number of ketones is 1. The monoisotopic (exact) mass is 318 g/mol. The number of para-hydroxylation sites is 2. The minimum atomic E-state index is -1.14. The van der Waals surface area contributed by atoms with Crippen LogP contribution in [-0.2, 0) is 0 Å². The molecule has 0 aliphatic rings. The number of carboxylic acid groups (broad SMARTS) is 1. The molecule has 1 N–H and O–H groups in total. The molecule has 24 heavy (non-hydrogen) atoms. The van der Waals surface area contributed by atoms with Crippen LogP contribution in [0.25, 0.3) is 0 Å². The highest BCUT2D eigenvalue weighted by atomic mass is 16.5. The Morgan fingerprint density at radius 1 is 0.667 bits per heavy atom. The molecule has 0 aliphatic heterocycles. The van der Waals surface area contributed by atoms with E-state index in [9.17, 15) is 14.7 Å². The molecule has 118 valence electrons. The van der Waals surface area contributed by atoms with Gasteiger partial charge in [0.25, 0.3) is 0 Å². The highest BCUT2D eigenvalue weighted by Gasteiger charge is 2.20. The number of carbonyl (C=O) groups excluding carboxylic acids is 1. The van der Waals surface area contributed by atoms with Crippen LogP contribution in [0.2, 0.25) is 0 Å². The normalized spacial score (nSPS) is 10.2. The van der Waals surface area contributed by atoms with Crippen molar-refractivity contribution in [1.29, 1.82) is 0 Å². The molecule has 0 heterocycles. The Hall–Kier alpha value is -3.40. The van der Waals surface area contributed by atoms with Crippen LogP contribution < -0.4 is 4.74 Å². The summed E-state index contributed by atoms with van der Waals surface area (Å²) in [6, 6.07) is 22.0. The van der Waals surface area contributed by atoms with Gasteiger partial charge in [0.15, 0.2) is 5.78 Å². The highest BCUT2D eigenvalue weighted by Crippen LogP contribution is 2.27. The van der Waals surface area contributed by atoms with Crippen LogP contribution >= 0.6 is 0 Å². The van der Waals surface area contributed by atoms with Crippen LogP contribution in [0.1, 0.15) is 26.3 Å². The van der Waals surface area contributed by atoms with Gasteiger partial charge in [0.1, 0.15) is 11.5 Å². The van der Waals surface area contributed by atoms with Crippen LogP contribution in [0.3, 0.4) is 0 Å². The Morgan fingerprint density at radius 2 is 1.21 bits per heavy atom. The highest BCUT2D eigenvalue weighted by molar-refractivity contribution is 6.15. The molecule has 3 aromatic carbocycles. The first kappa shape index (κ1) is 15.5. The second-order valence-corrected chi connectivity index (χ2v) is 5.09. The Balaban J connectivity index is 2.01. The fraction of sp³-hybridized carbons (Fsp3) is 0. The SMILES string of the molecule is O=C(O)c1ccccc1C(=O)c1ccccc1Oc1ccccc1. The van der Waals surface area contributed by atoms with Crippen LogP contribution in [0.4, 0.5) is 0 Å². The van der Waals surface area contributed by atoms with E-state index in [2.05, 4.69) is 0 Å². The minimum Gasteiger partial charge on any atom is -0.478 e. The third kappa shape index (κ3) is 3.17. The van der Waals surface area contributed by atoms with Crippen molar-refractivity contribution in [3.05, 3.63) is 95.6 Å². The van der Waals surface area contributed by atoms with E-state index in [4.69, 9.17) is 4.74 Å². The summed E-state index contributed by atoms with van der Waals surface area (Å²) < 4.78 is 5.78. The van der Waals surface area contributed by atoms with Gasteiger partial charge in [0.05, 0.1) is 11.1 Å². The molecule has 0 amide bonds. The lowest BCUT2D eigenvalue weighted by molar-refractivity contribution is 0.0692. The van der Waals surface area contributed by atoms with E-state index in [-0.39, 0.29) is 16.9 Å². The van der Waals surface area contributed by atoms with Crippen molar-refractivity contribution in [2.75, 3.05) is 0 Å². The maximum atomic E-state index is 12.8. The van der Waals surface area contributed by atoms with Gasteiger partial charge in [-0.1, -0.05) is 48.5 Å². The molecule has 3 rings (SSSR count). The maximum Gasteiger partial charge on any atom is 0.336 e. The molecule has 4 heteroatoms. The fourth-order valence-electron chi connectivity index (χ4n) is 2.37. The molecule has 0 aliphatic carbocycles. The van der Waals surface area contributed by atoms with Gasteiger partial charge in [-0.3, -0.25) is 4.79 Å². The molecule has 0 bridgehead atoms. The summed E-state index contributed by atoms with van der Waals surface area (Å²) in [5, 5.41) is 9.28. The quantitative estimate of drug-likeness (QED) is 0.708. The fourth-order valence-corrected chi connectivity index (χ4v) is 2.37. The second-order valence-electron chi connectivity index (χ2n) is 5.09. The first-order chi connectivity index (χ1) is 11.7. The Labute approximate surface area is 139 Å². The first-order valence-corrected chi connectivity index (χ1v) is 7.36. The summed E-state index contributed by atoms with van der Waals surface area (Å²) in [5.74, 6) is -0.543. The number of aromatic carboxylic acids is 1. The summed E-state index contributed by atoms with van der Waals surface area (Å²) in [4.78, 5) is 24.2. The van der Waals surface area contributed by atoms with Gasteiger partial charge in [-0.25, -0.2) is 4.79 Å². The Kier molecular flexibility index (Phi) is 4.38. The molecule has 0 unspecified atom stereocenters. The number of rotatable bonds is 5. The van der Waals surface area contributed by atoms with Gasteiger partial charge in [-0.2, -0.15) is 0 Å². The van der Waals surface area contributed by atoms with Crippen molar-refractivity contribution in [2.24, 2.45) is 0 Å². The average molecular weight is 318 g/mol. The van der Waals surface area contributed by atoms with Crippen LogP contribution in [-0.4, -0.2) is 16.9 Å². The molecular formula is C20H14O4. The minimum absolute atomic E-state index is 0.0305. The first-order valence-electron chi connectivity index (χ1n) is 7.36. The molecule has 4 nitrogen and oxygen atoms in total. The molecule has 0 radical (unpaired) electrons. The number of hydrogen-bond donors (Lipinski definition) is 1. The molecule has 0 fully saturated rings. The van der Waals surface area contributed by atoms with E-state index >= 15 is 0 Å². The zero-order chi connectivity index (χ0) is 16.9. The zero-order valence-corrected chi connectivity index (χ0v) is 12.7. The van der Waals surface area contributed by atoms with Crippen LogP contribution in [0, 0.1) is 0 Å². The summed E-state index contributed by atoms with van der Waals surface area (Å²) in [6.45, 7) is 0. The Bertz CT molecular complexity index is 885. The van der Waals surface area contributed by atoms with Gasteiger partial charge in [0, 0.05) is 5.56 Å². The van der Waals surface area contributed by atoms with Crippen LogP contribution in [0.5, 0.6) is 11.5 Å². The van der Waals surface area contributed by atoms with Crippen LogP contribution in [0.15, 0.2) is 78.9 Å². The lowest BCUT2D eigenvalue weighted by atomic mass is 9.98. The largest absolute Gasteiger partial charge is 0.478 e. The van der Waals surface area contributed by atoms with Gasteiger partial charge in [-0.15, -0.1) is 0 Å². The molecule has 0 atom stereocenters. The van der Waals surface area contributed by atoms with Crippen molar-refractivity contribution >= 4 is 11.8 Å². The van der Waals surface area contributed by atoms with Crippen molar-refractivity contribution in [2.45, 2.75) is 0 Å². The molecule has 0 aromatic heterocycles. The summed E-state index contributed by atoms with van der Waals surface area (Å²) in [6.07, 6.45) is 0. The summed E-state index contributed by atoms with van der Waals surface area (Å²) in [5.41, 5.74) is 0.418. The molecular weight excluding hydrogens is 304 g/mol. The standard InChI is InChI=1S/C20H14O4/c21-19(15-10-4-5-11-16(15)20(22)23)17-12-6-7-13-18(17)24-14-8-2-1-3-9-14/h1-13H,(H,22,23). The third-order valence-electron chi connectivity index (χ3n) is 3.50. The predicted octanol–water partition coefficient (Wildman–Crippen LogP) is 4.41. The van der Waals surface area contributed by atoms with E-state index in [1.54, 1.807) is 48.5 Å². The smallest absolute Gasteiger partial charge is 0.336 e. The Morgan fingerprint density at radius 3 is 1.88 bits per heavy atom. The number of ether oxygens (including phenoxy) is 1. The second kappa shape index (κ2) is 6.79. The number of hydrogen-bond acceptors (Lipinski definition) is 3. The van der Waals surface area contributed by atoms with Gasteiger partial charge >= 0.3 is 5.97 Å². The maximum absolute atomic E-state index is 12.8.